The minimum Gasteiger partial charge on any atom is -0.380 e. The Bertz CT molecular complexity index is 377. The second-order valence-corrected chi connectivity index (χ2v) is 6.57. The predicted molar refractivity (Wildman–Crippen MR) is 84.1 cm³/mol. The summed E-state index contributed by atoms with van der Waals surface area (Å²) in [5, 5.41) is 4.38. The van der Waals surface area contributed by atoms with Crippen LogP contribution in [0.3, 0.4) is 0 Å². The van der Waals surface area contributed by atoms with Gasteiger partial charge in [-0.05, 0) is 38.8 Å². The Labute approximate surface area is 121 Å². The molecule has 19 heavy (non-hydrogen) atoms. The van der Waals surface area contributed by atoms with Crippen molar-refractivity contribution >= 4 is 17.4 Å². The van der Waals surface area contributed by atoms with Crippen LogP contribution >= 0.6 is 11.8 Å². The SMILES string of the molecule is CCOCC(C)Nc1ccccc1SC1CCCC1. The molecule has 1 N–H and O–H groups in total. The third-order valence-electron chi connectivity index (χ3n) is 3.46. The normalized spacial score (nSPS) is 17.6. The maximum Gasteiger partial charge on any atom is 0.0664 e. The molecule has 1 saturated carbocycles. The average Bonchev–Trinajstić information content (AvgIpc) is 2.91. The molecule has 0 spiro atoms. The zero-order valence-corrected chi connectivity index (χ0v) is 12.8. The standard InChI is InChI=1S/C16H25NOS/c1-3-18-12-13(2)17-15-10-6-7-11-16(15)19-14-8-4-5-9-14/h6-7,10-11,13-14,17H,3-5,8-9,12H2,1-2H3. The lowest BCUT2D eigenvalue weighted by Crippen LogP contribution is -2.22. The zero-order valence-electron chi connectivity index (χ0n) is 12.0. The molecule has 1 aromatic carbocycles. The van der Waals surface area contributed by atoms with E-state index in [1.54, 1.807) is 0 Å². The van der Waals surface area contributed by atoms with Gasteiger partial charge in [-0.15, -0.1) is 11.8 Å². The number of hydrogen-bond acceptors (Lipinski definition) is 3. The van der Waals surface area contributed by atoms with Crippen molar-refractivity contribution in [2.24, 2.45) is 0 Å². The van der Waals surface area contributed by atoms with Crippen LogP contribution in [-0.4, -0.2) is 24.5 Å². The van der Waals surface area contributed by atoms with Gasteiger partial charge in [0.1, 0.15) is 0 Å². The number of anilines is 1. The van der Waals surface area contributed by atoms with Gasteiger partial charge in [0.25, 0.3) is 0 Å². The Balaban J connectivity index is 1.94. The van der Waals surface area contributed by atoms with Crippen LogP contribution in [0.25, 0.3) is 0 Å². The van der Waals surface area contributed by atoms with Gasteiger partial charge in [-0.3, -0.25) is 0 Å². The molecule has 1 aliphatic carbocycles. The Morgan fingerprint density at radius 1 is 1.32 bits per heavy atom. The van der Waals surface area contributed by atoms with E-state index in [0.29, 0.717) is 6.04 Å². The Morgan fingerprint density at radius 2 is 2.05 bits per heavy atom. The molecule has 0 amide bonds. The van der Waals surface area contributed by atoms with E-state index in [0.717, 1.165) is 18.5 Å². The van der Waals surface area contributed by atoms with Crippen LogP contribution in [0.1, 0.15) is 39.5 Å². The molecular formula is C16H25NOS. The molecule has 0 saturated heterocycles. The summed E-state index contributed by atoms with van der Waals surface area (Å²) in [6, 6.07) is 9.01. The number of thioether (sulfide) groups is 1. The van der Waals surface area contributed by atoms with E-state index in [4.69, 9.17) is 4.74 Å². The van der Waals surface area contributed by atoms with Gasteiger partial charge in [-0.1, -0.05) is 25.0 Å². The van der Waals surface area contributed by atoms with Crippen molar-refractivity contribution in [1.29, 1.82) is 0 Å². The van der Waals surface area contributed by atoms with Gasteiger partial charge in [0.2, 0.25) is 0 Å². The highest BCUT2D eigenvalue weighted by Gasteiger charge is 2.17. The molecule has 0 heterocycles. The molecule has 1 atom stereocenters. The monoisotopic (exact) mass is 279 g/mol. The summed E-state index contributed by atoms with van der Waals surface area (Å²) in [5.41, 5.74) is 1.26. The van der Waals surface area contributed by atoms with Crippen LogP contribution in [0, 0.1) is 0 Å². The highest BCUT2D eigenvalue weighted by molar-refractivity contribution is 8.00. The molecule has 106 valence electrons. The molecular weight excluding hydrogens is 254 g/mol. The van der Waals surface area contributed by atoms with Crippen molar-refractivity contribution < 1.29 is 4.74 Å². The smallest absolute Gasteiger partial charge is 0.0664 e. The molecule has 0 radical (unpaired) electrons. The minimum absolute atomic E-state index is 0.352. The van der Waals surface area contributed by atoms with Crippen LogP contribution in [0.4, 0.5) is 5.69 Å². The van der Waals surface area contributed by atoms with Crippen molar-refractivity contribution in [1.82, 2.24) is 0 Å². The summed E-state index contributed by atoms with van der Waals surface area (Å²) < 4.78 is 5.47. The summed E-state index contributed by atoms with van der Waals surface area (Å²) >= 11 is 2.04. The van der Waals surface area contributed by atoms with Gasteiger partial charge in [0.15, 0.2) is 0 Å². The number of ether oxygens (including phenoxy) is 1. The second-order valence-electron chi connectivity index (χ2n) is 5.23. The Morgan fingerprint density at radius 3 is 2.79 bits per heavy atom. The summed E-state index contributed by atoms with van der Waals surface area (Å²) in [7, 11) is 0. The number of rotatable bonds is 7. The minimum atomic E-state index is 0.352. The topological polar surface area (TPSA) is 21.3 Å². The van der Waals surface area contributed by atoms with E-state index >= 15 is 0 Å². The van der Waals surface area contributed by atoms with E-state index in [2.05, 4.69) is 36.5 Å². The molecule has 1 fully saturated rings. The third kappa shape index (κ3) is 4.73. The van der Waals surface area contributed by atoms with E-state index in [-0.39, 0.29) is 0 Å². The van der Waals surface area contributed by atoms with E-state index in [9.17, 15) is 0 Å². The van der Waals surface area contributed by atoms with Crippen molar-refractivity contribution in [2.75, 3.05) is 18.5 Å². The Hall–Kier alpha value is -0.670. The lowest BCUT2D eigenvalue weighted by Gasteiger charge is -2.19. The summed E-state index contributed by atoms with van der Waals surface area (Å²) in [4.78, 5) is 1.39. The number of para-hydroxylation sites is 1. The Kier molecular flexibility index (Phi) is 6.05. The van der Waals surface area contributed by atoms with Gasteiger partial charge >= 0.3 is 0 Å². The zero-order chi connectivity index (χ0) is 13.5. The first kappa shape index (κ1) is 14.7. The molecule has 1 aliphatic rings. The molecule has 2 nitrogen and oxygen atoms in total. The fourth-order valence-corrected chi connectivity index (χ4v) is 3.82. The summed E-state index contributed by atoms with van der Waals surface area (Å²) in [6.07, 6.45) is 5.53. The summed E-state index contributed by atoms with van der Waals surface area (Å²) in [6.45, 7) is 5.76. The van der Waals surface area contributed by atoms with Crippen molar-refractivity contribution in [3.8, 4) is 0 Å². The highest BCUT2D eigenvalue weighted by Crippen LogP contribution is 2.38. The second kappa shape index (κ2) is 7.81. The molecule has 1 aromatic rings. The van der Waals surface area contributed by atoms with Gasteiger partial charge in [0.05, 0.1) is 6.61 Å². The van der Waals surface area contributed by atoms with Crippen LogP contribution in [0.5, 0.6) is 0 Å². The van der Waals surface area contributed by atoms with Crippen molar-refractivity contribution in [2.45, 2.75) is 55.7 Å². The van der Waals surface area contributed by atoms with Crippen LogP contribution in [0.2, 0.25) is 0 Å². The van der Waals surface area contributed by atoms with E-state index < -0.39 is 0 Å². The molecule has 3 heteroatoms. The van der Waals surface area contributed by atoms with Gasteiger partial charge < -0.3 is 10.1 Å². The average molecular weight is 279 g/mol. The van der Waals surface area contributed by atoms with Gasteiger partial charge in [-0.25, -0.2) is 0 Å². The first-order valence-corrected chi connectivity index (χ1v) is 8.27. The maximum absolute atomic E-state index is 5.47. The lowest BCUT2D eigenvalue weighted by atomic mass is 10.3. The van der Waals surface area contributed by atoms with E-state index in [1.807, 2.05) is 18.7 Å². The van der Waals surface area contributed by atoms with Crippen LogP contribution < -0.4 is 5.32 Å². The fourth-order valence-electron chi connectivity index (χ4n) is 2.48. The van der Waals surface area contributed by atoms with Gasteiger partial charge in [-0.2, -0.15) is 0 Å². The first-order chi connectivity index (χ1) is 9.29. The van der Waals surface area contributed by atoms with Crippen molar-refractivity contribution in [3.63, 3.8) is 0 Å². The van der Waals surface area contributed by atoms with E-state index in [1.165, 1.54) is 36.3 Å². The van der Waals surface area contributed by atoms with Crippen molar-refractivity contribution in [3.05, 3.63) is 24.3 Å². The highest BCUT2D eigenvalue weighted by atomic mass is 32.2. The quantitative estimate of drug-likeness (QED) is 0.790. The molecule has 1 unspecified atom stereocenters. The molecule has 0 bridgehead atoms. The molecule has 0 aromatic heterocycles. The lowest BCUT2D eigenvalue weighted by molar-refractivity contribution is 0.141. The number of benzene rings is 1. The molecule has 2 rings (SSSR count). The maximum atomic E-state index is 5.47. The number of nitrogens with one attached hydrogen (secondary N) is 1. The fraction of sp³-hybridized carbons (Fsp3) is 0.625. The third-order valence-corrected chi connectivity index (χ3v) is 4.87. The van der Waals surface area contributed by atoms with Gasteiger partial charge in [0, 0.05) is 28.5 Å². The molecule has 0 aliphatic heterocycles. The predicted octanol–water partition coefficient (Wildman–Crippen LogP) is 4.56. The summed E-state index contributed by atoms with van der Waals surface area (Å²) in [5.74, 6) is 0. The number of hydrogen-bond donors (Lipinski definition) is 1. The van der Waals surface area contributed by atoms with Crippen LogP contribution in [-0.2, 0) is 4.74 Å². The first-order valence-electron chi connectivity index (χ1n) is 7.39. The van der Waals surface area contributed by atoms with Crippen LogP contribution in [0.15, 0.2) is 29.2 Å². The largest absolute Gasteiger partial charge is 0.380 e.